The molecule has 1 rings (SSSR count). The lowest BCUT2D eigenvalue weighted by Crippen LogP contribution is -2.31. The first-order valence-corrected chi connectivity index (χ1v) is 6.29. The van der Waals surface area contributed by atoms with Gasteiger partial charge in [-0.3, -0.25) is 9.59 Å². The van der Waals surface area contributed by atoms with Gasteiger partial charge in [0.2, 0.25) is 0 Å². The molecule has 0 aliphatic rings. The number of carbonyl (C=O) groups is 2. The molecule has 0 saturated heterocycles. The molecule has 0 N–H and O–H groups in total. The molecule has 0 radical (unpaired) electrons. The summed E-state index contributed by atoms with van der Waals surface area (Å²) in [5.41, 5.74) is 0.928. The largest absolute Gasteiger partial charge is 0.465 e. The van der Waals surface area contributed by atoms with E-state index in [9.17, 15) is 9.59 Å². The van der Waals surface area contributed by atoms with Crippen molar-refractivity contribution in [3.63, 3.8) is 0 Å². The van der Waals surface area contributed by atoms with Gasteiger partial charge in [0, 0.05) is 6.42 Å². The summed E-state index contributed by atoms with van der Waals surface area (Å²) in [6.45, 7) is 5.78. The van der Waals surface area contributed by atoms with Crippen LogP contribution in [0.5, 0.6) is 0 Å². The first-order chi connectivity index (χ1) is 8.56. The number of esters is 1. The fourth-order valence-corrected chi connectivity index (χ4v) is 1.91. The summed E-state index contributed by atoms with van der Waals surface area (Å²) in [5, 5.41) is 0. The van der Waals surface area contributed by atoms with Gasteiger partial charge in [-0.1, -0.05) is 44.2 Å². The van der Waals surface area contributed by atoms with E-state index >= 15 is 0 Å². The normalized spacial score (nSPS) is 12.2. The van der Waals surface area contributed by atoms with E-state index in [0.717, 1.165) is 5.56 Å². The second-order valence-electron chi connectivity index (χ2n) is 4.60. The van der Waals surface area contributed by atoms with E-state index in [1.165, 1.54) is 0 Å². The molecule has 1 aromatic rings. The SMILES string of the molecule is CCOC(=O)C(C(=O)Cc1ccccc1)C(C)C. The van der Waals surface area contributed by atoms with Gasteiger partial charge in [0.25, 0.3) is 0 Å². The predicted molar refractivity (Wildman–Crippen MR) is 70.1 cm³/mol. The highest BCUT2D eigenvalue weighted by molar-refractivity contribution is 6.00. The van der Waals surface area contributed by atoms with Crippen LogP contribution in [0.2, 0.25) is 0 Å². The quantitative estimate of drug-likeness (QED) is 0.574. The summed E-state index contributed by atoms with van der Waals surface area (Å²) in [6, 6.07) is 9.45. The van der Waals surface area contributed by atoms with Crippen LogP contribution in [0.25, 0.3) is 0 Å². The molecule has 98 valence electrons. The van der Waals surface area contributed by atoms with Crippen molar-refractivity contribution < 1.29 is 14.3 Å². The summed E-state index contributed by atoms with van der Waals surface area (Å²) in [4.78, 5) is 23.9. The summed E-state index contributed by atoms with van der Waals surface area (Å²) >= 11 is 0. The van der Waals surface area contributed by atoms with E-state index < -0.39 is 11.9 Å². The maximum atomic E-state index is 12.2. The number of ketones is 1. The molecule has 0 bridgehead atoms. The van der Waals surface area contributed by atoms with Crippen molar-refractivity contribution in [3.05, 3.63) is 35.9 Å². The van der Waals surface area contributed by atoms with Gasteiger partial charge >= 0.3 is 5.97 Å². The van der Waals surface area contributed by atoms with Crippen LogP contribution in [-0.4, -0.2) is 18.4 Å². The van der Waals surface area contributed by atoms with Gasteiger partial charge in [-0.05, 0) is 18.4 Å². The number of Topliss-reactive ketones (excluding diaryl/α,β-unsaturated/α-hetero) is 1. The minimum absolute atomic E-state index is 0.0414. The Bertz CT molecular complexity index is 395. The van der Waals surface area contributed by atoms with Crippen LogP contribution in [0.3, 0.4) is 0 Å². The van der Waals surface area contributed by atoms with Crippen LogP contribution in [0.15, 0.2) is 30.3 Å². The zero-order valence-corrected chi connectivity index (χ0v) is 11.2. The molecule has 1 unspecified atom stereocenters. The van der Waals surface area contributed by atoms with Crippen molar-refractivity contribution in [1.29, 1.82) is 0 Å². The second-order valence-corrected chi connectivity index (χ2v) is 4.60. The Kier molecular flexibility index (Phi) is 5.56. The molecule has 3 heteroatoms. The number of ether oxygens (including phenoxy) is 1. The fraction of sp³-hybridized carbons (Fsp3) is 0.467. The maximum absolute atomic E-state index is 12.2. The third-order valence-corrected chi connectivity index (χ3v) is 2.78. The van der Waals surface area contributed by atoms with Crippen LogP contribution in [0.1, 0.15) is 26.3 Å². The summed E-state index contributed by atoms with van der Waals surface area (Å²) < 4.78 is 4.96. The van der Waals surface area contributed by atoms with Gasteiger partial charge in [0.1, 0.15) is 5.92 Å². The summed E-state index contributed by atoms with van der Waals surface area (Å²) in [5.74, 6) is -1.19. The molecule has 0 heterocycles. The number of hydrogen-bond acceptors (Lipinski definition) is 3. The van der Waals surface area contributed by atoms with Crippen molar-refractivity contribution in [3.8, 4) is 0 Å². The lowest BCUT2D eigenvalue weighted by atomic mass is 9.88. The van der Waals surface area contributed by atoms with E-state index in [1.54, 1.807) is 6.92 Å². The lowest BCUT2D eigenvalue weighted by molar-refractivity contribution is -0.153. The van der Waals surface area contributed by atoms with Crippen LogP contribution in [0.4, 0.5) is 0 Å². The number of rotatable bonds is 6. The summed E-state index contributed by atoms with van der Waals surface area (Å²) in [6.07, 6.45) is 0.280. The van der Waals surface area contributed by atoms with Crippen LogP contribution >= 0.6 is 0 Å². The van der Waals surface area contributed by atoms with Crippen molar-refractivity contribution in [2.75, 3.05) is 6.61 Å². The third kappa shape index (κ3) is 3.99. The van der Waals surface area contributed by atoms with E-state index in [-0.39, 0.29) is 18.1 Å². The molecular weight excluding hydrogens is 228 g/mol. The Hall–Kier alpha value is -1.64. The van der Waals surface area contributed by atoms with Crippen LogP contribution in [0, 0.1) is 11.8 Å². The monoisotopic (exact) mass is 248 g/mol. The fourth-order valence-electron chi connectivity index (χ4n) is 1.91. The van der Waals surface area contributed by atoms with Gasteiger partial charge in [0.15, 0.2) is 5.78 Å². The number of carbonyl (C=O) groups excluding carboxylic acids is 2. The predicted octanol–water partition coefficient (Wildman–Crippen LogP) is 2.63. The van der Waals surface area contributed by atoms with Crippen molar-refractivity contribution >= 4 is 11.8 Å². The molecule has 0 saturated carbocycles. The van der Waals surface area contributed by atoms with Crippen LogP contribution < -0.4 is 0 Å². The van der Waals surface area contributed by atoms with E-state index in [1.807, 2.05) is 44.2 Å². The van der Waals surface area contributed by atoms with Gasteiger partial charge in [0.05, 0.1) is 6.61 Å². The maximum Gasteiger partial charge on any atom is 0.316 e. The molecule has 0 spiro atoms. The van der Waals surface area contributed by atoms with Crippen molar-refractivity contribution in [2.45, 2.75) is 27.2 Å². The second kappa shape index (κ2) is 6.94. The molecule has 1 atom stereocenters. The molecule has 0 aromatic heterocycles. The van der Waals surface area contributed by atoms with Gasteiger partial charge in [-0.2, -0.15) is 0 Å². The van der Waals surface area contributed by atoms with Gasteiger partial charge < -0.3 is 4.74 Å². The highest BCUT2D eigenvalue weighted by Crippen LogP contribution is 2.17. The first-order valence-electron chi connectivity index (χ1n) is 6.29. The standard InChI is InChI=1S/C15H20O3/c1-4-18-15(17)14(11(2)3)13(16)10-12-8-6-5-7-9-12/h5-9,11,14H,4,10H2,1-3H3. The summed E-state index contributed by atoms with van der Waals surface area (Å²) in [7, 11) is 0. The highest BCUT2D eigenvalue weighted by Gasteiger charge is 2.30. The molecule has 0 amide bonds. The van der Waals surface area contributed by atoms with Gasteiger partial charge in [-0.25, -0.2) is 0 Å². The van der Waals surface area contributed by atoms with Crippen LogP contribution in [-0.2, 0) is 20.7 Å². The molecule has 0 aliphatic heterocycles. The zero-order chi connectivity index (χ0) is 13.5. The molecule has 0 aliphatic carbocycles. The average molecular weight is 248 g/mol. The third-order valence-electron chi connectivity index (χ3n) is 2.78. The topological polar surface area (TPSA) is 43.4 Å². The number of hydrogen-bond donors (Lipinski definition) is 0. The minimum Gasteiger partial charge on any atom is -0.465 e. The Morgan fingerprint density at radius 3 is 2.28 bits per heavy atom. The minimum atomic E-state index is -0.662. The molecule has 1 aromatic carbocycles. The molecule has 18 heavy (non-hydrogen) atoms. The Balaban J connectivity index is 2.75. The first kappa shape index (κ1) is 14.4. The van der Waals surface area contributed by atoms with Crippen molar-refractivity contribution in [2.24, 2.45) is 11.8 Å². The van der Waals surface area contributed by atoms with E-state index in [2.05, 4.69) is 0 Å². The lowest BCUT2D eigenvalue weighted by Gasteiger charge is -2.17. The van der Waals surface area contributed by atoms with Crippen molar-refractivity contribution in [1.82, 2.24) is 0 Å². The van der Waals surface area contributed by atoms with E-state index in [0.29, 0.717) is 6.61 Å². The number of benzene rings is 1. The highest BCUT2D eigenvalue weighted by atomic mass is 16.5. The van der Waals surface area contributed by atoms with E-state index in [4.69, 9.17) is 4.74 Å². The average Bonchev–Trinajstić information content (AvgIpc) is 2.30. The smallest absolute Gasteiger partial charge is 0.316 e. The molecule has 3 nitrogen and oxygen atoms in total. The Morgan fingerprint density at radius 2 is 1.78 bits per heavy atom. The Labute approximate surface area is 108 Å². The zero-order valence-electron chi connectivity index (χ0n) is 11.2. The molecular formula is C15H20O3. The molecule has 0 fully saturated rings. The Morgan fingerprint density at radius 1 is 1.17 bits per heavy atom. The van der Waals surface area contributed by atoms with Gasteiger partial charge in [-0.15, -0.1) is 0 Å².